The van der Waals surface area contributed by atoms with Crippen LogP contribution in [0.15, 0.2) is 70.6 Å². The lowest BCUT2D eigenvalue weighted by atomic mass is 10.2. The van der Waals surface area contributed by atoms with Crippen LogP contribution in [0.2, 0.25) is 5.02 Å². The van der Waals surface area contributed by atoms with Crippen molar-refractivity contribution in [2.75, 3.05) is 5.75 Å². The molecule has 0 aliphatic heterocycles. The second-order valence-electron chi connectivity index (χ2n) is 5.25. The van der Waals surface area contributed by atoms with E-state index >= 15 is 0 Å². The van der Waals surface area contributed by atoms with E-state index in [1.54, 1.807) is 16.7 Å². The van der Waals surface area contributed by atoms with E-state index in [-0.39, 0.29) is 5.56 Å². The Morgan fingerprint density at radius 2 is 1.91 bits per heavy atom. The number of benzene rings is 2. The van der Waals surface area contributed by atoms with Crippen LogP contribution in [-0.4, -0.2) is 15.3 Å². The molecule has 23 heavy (non-hydrogen) atoms. The summed E-state index contributed by atoms with van der Waals surface area (Å²) in [5, 5.41) is 1.71. The van der Waals surface area contributed by atoms with Crippen molar-refractivity contribution in [3.63, 3.8) is 0 Å². The van der Waals surface area contributed by atoms with Gasteiger partial charge < -0.3 is 0 Å². The molecule has 0 spiro atoms. The quantitative estimate of drug-likeness (QED) is 0.391. The van der Waals surface area contributed by atoms with E-state index in [1.165, 1.54) is 11.8 Å². The Labute approximate surface area is 143 Å². The fourth-order valence-electron chi connectivity index (χ4n) is 2.24. The zero-order valence-electron chi connectivity index (χ0n) is 12.6. The highest BCUT2D eigenvalue weighted by molar-refractivity contribution is 7.99. The number of hydrogen-bond donors (Lipinski definition) is 0. The van der Waals surface area contributed by atoms with Crippen molar-refractivity contribution in [3.8, 4) is 5.69 Å². The Morgan fingerprint density at radius 1 is 1.22 bits per heavy atom. The topological polar surface area (TPSA) is 34.9 Å². The third-order valence-electron chi connectivity index (χ3n) is 3.29. The van der Waals surface area contributed by atoms with E-state index in [1.807, 2.05) is 43.3 Å². The van der Waals surface area contributed by atoms with Crippen LogP contribution in [-0.2, 0) is 0 Å². The first kappa shape index (κ1) is 15.8. The van der Waals surface area contributed by atoms with Crippen molar-refractivity contribution in [1.82, 2.24) is 9.55 Å². The maximum atomic E-state index is 13.0. The molecule has 0 aliphatic carbocycles. The Bertz CT molecular complexity index is 949. The van der Waals surface area contributed by atoms with Crippen LogP contribution in [0.4, 0.5) is 0 Å². The van der Waals surface area contributed by atoms with Gasteiger partial charge in [-0.2, -0.15) is 0 Å². The monoisotopic (exact) mass is 342 g/mol. The maximum Gasteiger partial charge on any atom is 0.266 e. The Kier molecular flexibility index (Phi) is 4.55. The summed E-state index contributed by atoms with van der Waals surface area (Å²) < 4.78 is 1.58. The molecule has 1 aromatic heterocycles. The van der Waals surface area contributed by atoms with Gasteiger partial charge in [0, 0.05) is 5.75 Å². The van der Waals surface area contributed by atoms with Crippen molar-refractivity contribution in [1.29, 1.82) is 0 Å². The van der Waals surface area contributed by atoms with E-state index in [2.05, 4.69) is 11.6 Å². The molecule has 0 atom stereocenters. The number of nitrogens with zero attached hydrogens (tertiary/aromatic N) is 2. The van der Waals surface area contributed by atoms with Crippen LogP contribution in [0, 0.1) is 0 Å². The molecule has 0 unspecified atom stereocenters. The first-order valence-electron chi connectivity index (χ1n) is 7.12. The van der Waals surface area contributed by atoms with Gasteiger partial charge in [0.1, 0.15) is 0 Å². The first-order valence-corrected chi connectivity index (χ1v) is 8.48. The number of thioether (sulfide) groups is 1. The molecule has 3 aromatic rings. The van der Waals surface area contributed by atoms with Gasteiger partial charge in [-0.05, 0) is 31.2 Å². The van der Waals surface area contributed by atoms with Crippen LogP contribution < -0.4 is 5.56 Å². The van der Waals surface area contributed by atoms with E-state index in [9.17, 15) is 4.79 Å². The highest BCUT2D eigenvalue weighted by Gasteiger charge is 2.14. The highest BCUT2D eigenvalue weighted by Crippen LogP contribution is 2.26. The van der Waals surface area contributed by atoms with Gasteiger partial charge >= 0.3 is 0 Å². The normalized spacial score (nSPS) is 10.9. The largest absolute Gasteiger partial charge is 0.268 e. The second-order valence-corrected chi connectivity index (χ2v) is 6.60. The van der Waals surface area contributed by atoms with Crippen molar-refractivity contribution in [2.24, 2.45) is 0 Å². The average Bonchev–Trinajstić information content (AvgIpc) is 2.54. The molecule has 1 heterocycles. The van der Waals surface area contributed by atoms with Crippen LogP contribution in [0.25, 0.3) is 16.6 Å². The third-order valence-corrected chi connectivity index (χ3v) is 4.77. The van der Waals surface area contributed by atoms with Gasteiger partial charge in [0.15, 0.2) is 5.16 Å². The number of halogens is 1. The lowest BCUT2D eigenvalue weighted by molar-refractivity contribution is 0.820. The van der Waals surface area contributed by atoms with Crippen molar-refractivity contribution < 1.29 is 0 Å². The molecule has 0 saturated carbocycles. The molecule has 0 aliphatic rings. The fourth-order valence-corrected chi connectivity index (χ4v) is 3.31. The minimum atomic E-state index is -0.118. The third kappa shape index (κ3) is 3.19. The molecular formula is C18H15ClN2OS. The van der Waals surface area contributed by atoms with Crippen LogP contribution in [0.1, 0.15) is 6.92 Å². The molecule has 0 fully saturated rings. The number of para-hydroxylation sites is 2. The number of fused-ring (bicyclic) bond motifs is 1. The van der Waals surface area contributed by atoms with E-state index in [0.717, 1.165) is 5.57 Å². The smallest absolute Gasteiger partial charge is 0.266 e. The number of aromatic nitrogens is 2. The predicted octanol–water partition coefficient (Wildman–Crippen LogP) is 4.71. The fraction of sp³-hybridized carbons (Fsp3) is 0.111. The molecule has 0 amide bonds. The first-order chi connectivity index (χ1) is 11.1. The molecule has 3 rings (SSSR count). The summed E-state index contributed by atoms with van der Waals surface area (Å²) in [6, 6.07) is 14.6. The van der Waals surface area contributed by atoms with E-state index in [4.69, 9.17) is 11.6 Å². The molecule has 0 bridgehead atoms. The molecular weight excluding hydrogens is 328 g/mol. The predicted molar refractivity (Wildman–Crippen MR) is 97.9 cm³/mol. The summed E-state index contributed by atoms with van der Waals surface area (Å²) in [7, 11) is 0. The zero-order valence-corrected chi connectivity index (χ0v) is 14.2. The molecule has 2 aromatic carbocycles. The highest BCUT2D eigenvalue weighted by atomic mass is 35.5. The maximum absolute atomic E-state index is 13.0. The lowest BCUT2D eigenvalue weighted by Gasteiger charge is -2.14. The summed E-state index contributed by atoms with van der Waals surface area (Å²) in [6.07, 6.45) is 0. The van der Waals surface area contributed by atoms with Gasteiger partial charge in [-0.1, -0.05) is 59.8 Å². The van der Waals surface area contributed by atoms with Gasteiger partial charge in [0.05, 0.1) is 21.6 Å². The minimum Gasteiger partial charge on any atom is -0.268 e. The lowest BCUT2D eigenvalue weighted by Crippen LogP contribution is -2.22. The summed E-state index contributed by atoms with van der Waals surface area (Å²) >= 11 is 7.78. The molecule has 3 nitrogen and oxygen atoms in total. The molecule has 116 valence electrons. The SMILES string of the molecule is C=C(C)CSc1nc2ccccc2c(=O)n1-c1ccccc1Cl. The number of hydrogen-bond acceptors (Lipinski definition) is 3. The average molecular weight is 343 g/mol. The van der Waals surface area contributed by atoms with Gasteiger partial charge in [0.25, 0.3) is 5.56 Å². The van der Waals surface area contributed by atoms with Gasteiger partial charge in [0.2, 0.25) is 0 Å². The van der Waals surface area contributed by atoms with Crippen LogP contribution in [0.3, 0.4) is 0 Å². The Morgan fingerprint density at radius 3 is 2.65 bits per heavy atom. The standard InChI is InChI=1S/C18H15ClN2OS/c1-12(2)11-23-18-20-15-9-5-3-7-13(15)17(22)21(18)16-10-6-4-8-14(16)19/h3-10H,1,11H2,2H3. The van der Waals surface area contributed by atoms with Gasteiger partial charge in [-0.3, -0.25) is 9.36 Å². The number of rotatable bonds is 4. The van der Waals surface area contributed by atoms with Gasteiger partial charge in [-0.25, -0.2) is 4.98 Å². The molecule has 0 N–H and O–H groups in total. The summed E-state index contributed by atoms with van der Waals surface area (Å²) in [5.74, 6) is 0.690. The van der Waals surface area contributed by atoms with Crippen LogP contribution in [0.5, 0.6) is 0 Å². The summed E-state index contributed by atoms with van der Waals surface area (Å²) in [4.78, 5) is 17.6. The molecule has 0 radical (unpaired) electrons. The zero-order chi connectivity index (χ0) is 16.4. The Balaban J connectivity index is 2.30. The molecule has 5 heteroatoms. The second kappa shape index (κ2) is 6.60. The summed E-state index contributed by atoms with van der Waals surface area (Å²) in [6.45, 7) is 5.86. The van der Waals surface area contributed by atoms with Gasteiger partial charge in [-0.15, -0.1) is 0 Å². The van der Waals surface area contributed by atoms with Crippen molar-refractivity contribution in [3.05, 3.63) is 76.1 Å². The minimum absolute atomic E-state index is 0.118. The van der Waals surface area contributed by atoms with E-state index < -0.39 is 0 Å². The summed E-state index contributed by atoms with van der Waals surface area (Å²) in [5.41, 5.74) is 2.22. The van der Waals surface area contributed by atoms with Crippen molar-refractivity contribution in [2.45, 2.75) is 12.1 Å². The van der Waals surface area contributed by atoms with Crippen molar-refractivity contribution >= 4 is 34.3 Å². The van der Waals surface area contributed by atoms with Crippen LogP contribution >= 0.6 is 23.4 Å². The Hall–Kier alpha value is -2.04. The molecule has 0 saturated heterocycles. The van der Waals surface area contributed by atoms with E-state index in [0.29, 0.717) is 32.5 Å².